The maximum absolute atomic E-state index is 5.40. The molecule has 2 heteroatoms. The Morgan fingerprint density at radius 3 is 2.53 bits per heavy atom. The molecular weight excluding hydrogens is 186 g/mol. The van der Waals surface area contributed by atoms with Gasteiger partial charge in [0.2, 0.25) is 0 Å². The van der Waals surface area contributed by atoms with E-state index in [4.69, 9.17) is 4.84 Å². The maximum Gasteiger partial charge on any atom is 0.139 e. The number of hydrogen-bond acceptors (Lipinski definition) is 2. The fourth-order valence-corrected chi connectivity index (χ4v) is 1.84. The van der Waals surface area contributed by atoms with Crippen molar-refractivity contribution in [3.8, 4) is 0 Å². The molecule has 1 aromatic rings. The fraction of sp³-hybridized carbons (Fsp3) is 0.462. The van der Waals surface area contributed by atoms with Gasteiger partial charge >= 0.3 is 0 Å². The maximum atomic E-state index is 5.40. The first kappa shape index (κ1) is 10.2. The molecule has 0 N–H and O–H groups in total. The summed E-state index contributed by atoms with van der Waals surface area (Å²) in [4.78, 5) is 5.40. The zero-order valence-corrected chi connectivity index (χ0v) is 8.86. The summed E-state index contributed by atoms with van der Waals surface area (Å²) in [6.45, 7) is 0. The number of rotatable bonds is 3. The highest BCUT2D eigenvalue weighted by molar-refractivity contribution is 5.78. The quantitative estimate of drug-likeness (QED) is 0.544. The number of nitrogens with zero attached hydrogens (tertiary/aromatic N) is 1. The van der Waals surface area contributed by atoms with Crippen molar-refractivity contribution in [2.24, 2.45) is 5.16 Å². The van der Waals surface area contributed by atoms with Gasteiger partial charge in [-0.2, -0.15) is 0 Å². The van der Waals surface area contributed by atoms with Crippen LogP contribution in [0.3, 0.4) is 0 Å². The first-order valence-corrected chi connectivity index (χ1v) is 5.62. The van der Waals surface area contributed by atoms with Crippen molar-refractivity contribution in [3.63, 3.8) is 0 Å². The predicted octanol–water partition coefficient (Wildman–Crippen LogP) is 3.25. The summed E-state index contributed by atoms with van der Waals surface area (Å²) in [7, 11) is 0. The second kappa shape index (κ2) is 5.54. The summed E-state index contributed by atoms with van der Waals surface area (Å²) in [5.74, 6) is 0. The summed E-state index contributed by atoms with van der Waals surface area (Å²) in [5, 5.41) is 3.92. The summed E-state index contributed by atoms with van der Waals surface area (Å²) in [6, 6.07) is 9.85. The third kappa shape index (κ3) is 3.39. The molecule has 0 bridgehead atoms. The second-order valence-electron chi connectivity index (χ2n) is 3.93. The molecule has 1 aromatic carbocycles. The van der Waals surface area contributed by atoms with E-state index in [2.05, 4.69) is 11.4 Å². The van der Waals surface area contributed by atoms with Crippen LogP contribution in [0.25, 0.3) is 0 Å². The Kier molecular flexibility index (Phi) is 3.77. The molecule has 2 nitrogen and oxygen atoms in total. The van der Waals surface area contributed by atoms with E-state index >= 15 is 0 Å². The highest BCUT2D eigenvalue weighted by Gasteiger charge is 2.13. The molecule has 79 valence electrons. The molecule has 0 atom stereocenters. The Morgan fingerprint density at radius 1 is 1.07 bits per heavy atom. The molecule has 0 amide bonds. The van der Waals surface area contributed by atoms with Crippen LogP contribution in [-0.4, -0.2) is 12.3 Å². The van der Waals surface area contributed by atoms with Crippen LogP contribution in [0.4, 0.5) is 0 Å². The zero-order valence-electron chi connectivity index (χ0n) is 8.86. The lowest BCUT2D eigenvalue weighted by atomic mass is 9.98. The SMILES string of the molecule is [C](=N\OC1CCCCC1)/c1ccccc1. The van der Waals surface area contributed by atoms with Gasteiger partial charge in [-0.05, 0) is 25.7 Å². The zero-order chi connectivity index (χ0) is 10.3. The summed E-state index contributed by atoms with van der Waals surface area (Å²) >= 11 is 0. The lowest BCUT2D eigenvalue weighted by Crippen LogP contribution is -2.13. The lowest BCUT2D eigenvalue weighted by Gasteiger charge is -2.18. The summed E-state index contributed by atoms with van der Waals surface area (Å²) in [5.41, 5.74) is 0.966. The highest BCUT2D eigenvalue weighted by atomic mass is 16.6. The molecule has 0 unspecified atom stereocenters. The lowest BCUT2D eigenvalue weighted by molar-refractivity contribution is 0.0340. The van der Waals surface area contributed by atoms with Crippen LogP contribution < -0.4 is 0 Å². The average molecular weight is 202 g/mol. The Labute approximate surface area is 90.9 Å². The van der Waals surface area contributed by atoms with E-state index in [1.54, 1.807) is 0 Å². The van der Waals surface area contributed by atoms with E-state index in [0.29, 0.717) is 6.10 Å². The fourth-order valence-electron chi connectivity index (χ4n) is 1.84. The molecule has 0 heterocycles. The van der Waals surface area contributed by atoms with Gasteiger partial charge in [0.25, 0.3) is 0 Å². The van der Waals surface area contributed by atoms with Crippen LogP contribution >= 0.6 is 0 Å². The van der Waals surface area contributed by atoms with Crippen molar-refractivity contribution >= 4 is 6.21 Å². The van der Waals surface area contributed by atoms with Crippen molar-refractivity contribution in [2.75, 3.05) is 0 Å². The van der Waals surface area contributed by atoms with Gasteiger partial charge < -0.3 is 4.84 Å². The molecule has 1 aliphatic carbocycles. The van der Waals surface area contributed by atoms with Crippen molar-refractivity contribution < 1.29 is 4.84 Å². The van der Waals surface area contributed by atoms with E-state index in [0.717, 1.165) is 18.4 Å². The molecule has 0 spiro atoms. The molecule has 1 saturated carbocycles. The molecular formula is C13H16NO. The van der Waals surface area contributed by atoms with Gasteiger partial charge in [0, 0.05) is 5.56 Å². The third-order valence-electron chi connectivity index (χ3n) is 2.70. The van der Waals surface area contributed by atoms with Gasteiger partial charge in [-0.1, -0.05) is 41.9 Å². The largest absolute Gasteiger partial charge is 0.392 e. The topological polar surface area (TPSA) is 21.6 Å². The molecule has 15 heavy (non-hydrogen) atoms. The summed E-state index contributed by atoms with van der Waals surface area (Å²) in [6.07, 6.45) is 9.37. The van der Waals surface area contributed by atoms with Crippen molar-refractivity contribution in [2.45, 2.75) is 38.2 Å². The smallest absolute Gasteiger partial charge is 0.139 e. The van der Waals surface area contributed by atoms with E-state index < -0.39 is 0 Å². The Bertz CT molecular complexity index is 302. The molecule has 0 aromatic heterocycles. The predicted molar refractivity (Wildman–Crippen MR) is 60.9 cm³/mol. The third-order valence-corrected chi connectivity index (χ3v) is 2.70. The molecule has 0 saturated heterocycles. The van der Waals surface area contributed by atoms with Gasteiger partial charge in [-0.3, -0.25) is 0 Å². The van der Waals surface area contributed by atoms with Crippen LogP contribution in [0.1, 0.15) is 37.7 Å². The van der Waals surface area contributed by atoms with E-state index in [-0.39, 0.29) is 0 Å². The minimum atomic E-state index is 0.315. The van der Waals surface area contributed by atoms with Gasteiger partial charge in [0.15, 0.2) is 0 Å². The van der Waals surface area contributed by atoms with Crippen molar-refractivity contribution in [1.82, 2.24) is 0 Å². The first-order valence-electron chi connectivity index (χ1n) is 5.62. The van der Waals surface area contributed by atoms with Gasteiger partial charge in [-0.15, -0.1) is 0 Å². The molecule has 1 aliphatic rings. The van der Waals surface area contributed by atoms with Crippen LogP contribution in [-0.2, 0) is 4.84 Å². The Balaban J connectivity index is 1.79. The number of benzene rings is 1. The van der Waals surface area contributed by atoms with Gasteiger partial charge in [0.05, 0.1) is 0 Å². The second-order valence-corrected chi connectivity index (χ2v) is 3.93. The minimum absolute atomic E-state index is 0.315. The molecule has 0 aliphatic heterocycles. The van der Waals surface area contributed by atoms with Gasteiger partial charge in [0.1, 0.15) is 12.3 Å². The molecule has 2 rings (SSSR count). The van der Waals surface area contributed by atoms with E-state index in [9.17, 15) is 0 Å². The Hall–Kier alpha value is -1.31. The number of hydrogen-bond donors (Lipinski definition) is 0. The van der Waals surface area contributed by atoms with Crippen molar-refractivity contribution in [1.29, 1.82) is 0 Å². The normalized spacial score (nSPS) is 18.1. The average Bonchev–Trinajstić information content (AvgIpc) is 2.32. The first-order chi connectivity index (χ1) is 7.45. The minimum Gasteiger partial charge on any atom is -0.392 e. The Morgan fingerprint density at radius 2 is 1.80 bits per heavy atom. The van der Waals surface area contributed by atoms with E-state index in [1.165, 1.54) is 19.3 Å². The standard InChI is InChI=1S/C13H16NO/c1-3-7-12(8-4-1)11-14-15-13-9-5-2-6-10-13/h1,3-4,7-8,13H,2,5-6,9-10H2. The summed E-state index contributed by atoms with van der Waals surface area (Å²) < 4.78 is 0. The van der Waals surface area contributed by atoms with Gasteiger partial charge in [-0.25, -0.2) is 0 Å². The van der Waals surface area contributed by atoms with Crippen LogP contribution in [0.15, 0.2) is 35.5 Å². The molecule has 1 radical (unpaired) electrons. The molecule has 1 fully saturated rings. The van der Waals surface area contributed by atoms with Crippen LogP contribution in [0.2, 0.25) is 0 Å². The monoisotopic (exact) mass is 202 g/mol. The van der Waals surface area contributed by atoms with E-state index in [1.807, 2.05) is 30.3 Å². The van der Waals surface area contributed by atoms with Crippen molar-refractivity contribution in [3.05, 3.63) is 35.9 Å². The van der Waals surface area contributed by atoms with Crippen LogP contribution in [0.5, 0.6) is 0 Å². The highest BCUT2D eigenvalue weighted by Crippen LogP contribution is 2.20. The van der Waals surface area contributed by atoms with Crippen LogP contribution in [0, 0.1) is 0 Å².